The van der Waals surface area contributed by atoms with Gasteiger partial charge in [-0.15, -0.1) is 0 Å². The van der Waals surface area contributed by atoms with Gasteiger partial charge in [-0.3, -0.25) is 14.4 Å². The molecule has 0 aliphatic carbocycles. The van der Waals surface area contributed by atoms with E-state index in [-0.39, 0.29) is 24.7 Å². The quantitative estimate of drug-likeness (QED) is 0.540. The minimum Gasteiger partial charge on any atom is -0.447 e. The van der Waals surface area contributed by atoms with Gasteiger partial charge in [-0.1, -0.05) is 53.7 Å². The molecule has 0 fully saturated rings. The van der Waals surface area contributed by atoms with Crippen LogP contribution in [0.4, 0.5) is 5.82 Å². The Labute approximate surface area is 179 Å². The molecule has 2 amide bonds. The van der Waals surface area contributed by atoms with Gasteiger partial charge in [0.15, 0.2) is 5.82 Å². The van der Waals surface area contributed by atoms with E-state index in [0.717, 1.165) is 5.56 Å². The minimum absolute atomic E-state index is 0.0810. The molecule has 2 aromatic carbocycles. The van der Waals surface area contributed by atoms with Crippen molar-refractivity contribution in [2.24, 2.45) is 0 Å². The summed E-state index contributed by atoms with van der Waals surface area (Å²) in [7, 11) is 0. The highest BCUT2D eigenvalue weighted by molar-refractivity contribution is 5.96. The van der Waals surface area contributed by atoms with Crippen LogP contribution >= 0.6 is 0 Å². The maximum absolute atomic E-state index is 12.7. The Morgan fingerprint density at radius 2 is 1.74 bits per heavy atom. The number of carbonyl (C=O) groups is 3. The molecule has 0 bridgehead atoms. The summed E-state index contributed by atoms with van der Waals surface area (Å²) in [6, 6.07) is 17.4. The minimum atomic E-state index is -1.17. The summed E-state index contributed by atoms with van der Waals surface area (Å²) in [6.45, 7) is 3.61. The number of aryl methyl sites for hydroxylation is 2. The number of nitrogens with zero attached hydrogens (tertiary/aromatic N) is 1. The van der Waals surface area contributed by atoms with Gasteiger partial charge >= 0.3 is 5.97 Å². The molecule has 0 aliphatic heterocycles. The zero-order valence-corrected chi connectivity index (χ0v) is 17.3. The van der Waals surface area contributed by atoms with Crippen molar-refractivity contribution in [1.29, 1.82) is 0 Å². The highest BCUT2D eigenvalue weighted by atomic mass is 16.5. The van der Waals surface area contributed by atoms with E-state index in [1.807, 2.05) is 19.1 Å². The lowest BCUT2D eigenvalue weighted by molar-refractivity contribution is -0.154. The molecule has 31 heavy (non-hydrogen) atoms. The summed E-state index contributed by atoms with van der Waals surface area (Å²) < 4.78 is 10.4. The first-order valence-electron chi connectivity index (χ1n) is 9.76. The third-order valence-corrected chi connectivity index (χ3v) is 4.47. The lowest BCUT2D eigenvalue weighted by atomic mass is 10.1. The second-order valence-electron chi connectivity index (χ2n) is 6.91. The molecule has 0 saturated carbocycles. The van der Waals surface area contributed by atoms with Crippen molar-refractivity contribution in [2.45, 2.75) is 26.4 Å². The van der Waals surface area contributed by atoms with Crippen LogP contribution < -0.4 is 10.6 Å². The number of ether oxygens (including phenoxy) is 1. The van der Waals surface area contributed by atoms with E-state index in [2.05, 4.69) is 15.8 Å². The number of esters is 1. The third-order valence-electron chi connectivity index (χ3n) is 4.47. The SMILES string of the molecule is Cc1cc(NC(=O)C(OC(=O)CCNC(=O)c2ccccc2C)c2ccccc2)no1. The van der Waals surface area contributed by atoms with Crippen molar-refractivity contribution in [1.82, 2.24) is 10.5 Å². The van der Waals surface area contributed by atoms with Crippen LogP contribution in [0.2, 0.25) is 0 Å². The number of nitrogens with one attached hydrogen (secondary N) is 2. The largest absolute Gasteiger partial charge is 0.447 e. The maximum atomic E-state index is 12.7. The molecule has 8 heteroatoms. The molecule has 1 unspecified atom stereocenters. The van der Waals surface area contributed by atoms with Gasteiger partial charge in [-0.25, -0.2) is 0 Å². The number of amides is 2. The fourth-order valence-electron chi connectivity index (χ4n) is 2.91. The molecule has 0 saturated heterocycles. The molecule has 0 spiro atoms. The molecule has 0 radical (unpaired) electrons. The van der Waals surface area contributed by atoms with Gasteiger partial charge in [0.05, 0.1) is 6.42 Å². The number of carbonyl (C=O) groups excluding carboxylic acids is 3. The number of hydrogen-bond donors (Lipinski definition) is 2. The zero-order valence-electron chi connectivity index (χ0n) is 17.3. The van der Waals surface area contributed by atoms with Gasteiger partial charge < -0.3 is 19.9 Å². The molecule has 1 aromatic heterocycles. The first-order chi connectivity index (χ1) is 14.9. The van der Waals surface area contributed by atoms with Crippen LogP contribution in [-0.2, 0) is 14.3 Å². The number of anilines is 1. The van der Waals surface area contributed by atoms with E-state index >= 15 is 0 Å². The normalized spacial score (nSPS) is 11.4. The molecule has 8 nitrogen and oxygen atoms in total. The molecular formula is C23H23N3O5. The van der Waals surface area contributed by atoms with E-state index in [0.29, 0.717) is 16.9 Å². The standard InChI is InChI=1S/C23H23N3O5/c1-15-8-6-7-11-18(15)22(28)24-13-12-20(27)30-21(17-9-4-3-5-10-17)23(29)25-19-14-16(2)31-26-19/h3-11,14,21H,12-13H2,1-2H3,(H,24,28)(H,25,26,29). The second kappa shape index (κ2) is 10.2. The Hall–Kier alpha value is -3.94. The fraction of sp³-hybridized carbons (Fsp3) is 0.217. The summed E-state index contributed by atoms with van der Waals surface area (Å²) >= 11 is 0. The molecule has 1 atom stereocenters. The van der Waals surface area contributed by atoms with E-state index in [1.165, 1.54) is 0 Å². The van der Waals surface area contributed by atoms with E-state index in [1.54, 1.807) is 55.5 Å². The highest BCUT2D eigenvalue weighted by Gasteiger charge is 2.26. The van der Waals surface area contributed by atoms with Crippen LogP contribution in [0.3, 0.4) is 0 Å². The molecule has 1 heterocycles. The van der Waals surface area contributed by atoms with Crippen LogP contribution in [0.25, 0.3) is 0 Å². The summed E-state index contributed by atoms with van der Waals surface area (Å²) in [5.74, 6) is -0.690. The molecule has 3 aromatic rings. The molecule has 3 rings (SSSR count). The maximum Gasteiger partial charge on any atom is 0.308 e. The first-order valence-corrected chi connectivity index (χ1v) is 9.76. The third kappa shape index (κ3) is 6.02. The van der Waals surface area contributed by atoms with Crippen molar-refractivity contribution in [2.75, 3.05) is 11.9 Å². The topological polar surface area (TPSA) is 111 Å². The van der Waals surface area contributed by atoms with Gasteiger partial charge in [0.1, 0.15) is 5.76 Å². The van der Waals surface area contributed by atoms with E-state index < -0.39 is 18.0 Å². The predicted molar refractivity (Wildman–Crippen MR) is 113 cm³/mol. The van der Waals surface area contributed by atoms with E-state index in [9.17, 15) is 14.4 Å². The summed E-state index contributed by atoms with van der Waals surface area (Å²) in [5, 5.41) is 8.99. The van der Waals surface area contributed by atoms with E-state index in [4.69, 9.17) is 9.26 Å². The van der Waals surface area contributed by atoms with Crippen LogP contribution in [0.1, 0.15) is 39.8 Å². The average molecular weight is 421 g/mol. The molecule has 0 aliphatic rings. The summed E-state index contributed by atoms with van der Waals surface area (Å²) in [6.07, 6.45) is -1.25. The smallest absolute Gasteiger partial charge is 0.308 e. The Bertz CT molecular complexity index is 1060. The van der Waals surface area contributed by atoms with Crippen LogP contribution in [0, 0.1) is 13.8 Å². The molecule has 160 valence electrons. The van der Waals surface area contributed by atoms with Crippen LogP contribution in [0.5, 0.6) is 0 Å². The highest BCUT2D eigenvalue weighted by Crippen LogP contribution is 2.20. The van der Waals surface area contributed by atoms with Crippen LogP contribution in [0.15, 0.2) is 65.2 Å². The molecule has 2 N–H and O–H groups in total. The van der Waals surface area contributed by atoms with Gasteiger partial charge in [-0.05, 0) is 25.5 Å². The lowest BCUT2D eigenvalue weighted by Gasteiger charge is -2.17. The fourth-order valence-corrected chi connectivity index (χ4v) is 2.91. The Morgan fingerprint density at radius 1 is 1.03 bits per heavy atom. The summed E-state index contributed by atoms with van der Waals surface area (Å²) in [5.41, 5.74) is 1.89. The monoisotopic (exact) mass is 421 g/mol. The summed E-state index contributed by atoms with van der Waals surface area (Å²) in [4.78, 5) is 37.4. The number of rotatable bonds is 8. The van der Waals surface area contributed by atoms with Gasteiger partial charge in [0, 0.05) is 23.7 Å². The zero-order chi connectivity index (χ0) is 22.2. The van der Waals surface area contributed by atoms with Gasteiger partial charge in [0.25, 0.3) is 11.8 Å². The Morgan fingerprint density at radius 3 is 2.42 bits per heavy atom. The van der Waals surface area contributed by atoms with Gasteiger partial charge in [-0.2, -0.15) is 0 Å². The second-order valence-corrected chi connectivity index (χ2v) is 6.91. The lowest BCUT2D eigenvalue weighted by Crippen LogP contribution is -2.29. The number of aromatic nitrogens is 1. The van der Waals surface area contributed by atoms with Crippen molar-refractivity contribution in [3.63, 3.8) is 0 Å². The van der Waals surface area contributed by atoms with Crippen LogP contribution in [-0.4, -0.2) is 29.5 Å². The Balaban J connectivity index is 1.60. The van der Waals surface area contributed by atoms with Crippen molar-refractivity contribution < 1.29 is 23.6 Å². The first kappa shape index (κ1) is 21.8. The number of benzene rings is 2. The van der Waals surface area contributed by atoms with Crippen molar-refractivity contribution in [3.8, 4) is 0 Å². The molecular weight excluding hydrogens is 398 g/mol. The predicted octanol–water partition coefficient (Wildman–Crippen LogP) is 3.33. The van der Waals surface area contributed by atoms with Crippen molar-refractivity contribution >= 4 is 23.6 Å². The van der Waals surface area contributed by atoms with Gasteiger partial charge in [0.2, 0.25) is 6.10 Å². The average Bonchev–Trinajstić information content (AvgIpc) is 3.17. The Kier molecular flexibility index (Phi) is 7.16. The van der Waals surface area contributed by atoms with Crippen molar-refractivity contribution in [3.05, 3.63) is 83.1 Å². The number of hydrogen-bond acceptors (Lipinski definition) is 6.